The van der Waals surface area contributed by atoms with Crippen molar-refractivity contribution in [3.63, 3.8) is 0 Å². The van der Waals surface area contributed by atoms with E-state index in [4.69, 9.17) is 0 Å². The summed E-state index contributed by atoms with van der Waals surface area (Å²) in [5.41, 5.74) is 3.62. The number of aryl methyl sites for hydroxylation is 1. The van der Waals surface area contributed by atoms with E-state index in [-0.39, 0.29) is 17.6 Å². The number of benzene rings is 1. The normalized spacial score (nSPS) is 17.5. The summed E-state index contributed by atoms with van der Waals surface area (Å²) in [7, 11) is 1.89. The molecule has 4 rings (SSSR count). The average molecular weight is 352 g/mol. The molecule has 0 unspecified atom stereocenters. The largest absolute Gasteiger partial charge is 0.347 e. The minimum Gasteiger partial charge on any atom is -0.347 e. The molecule has 0 spiro atoms. The second-order valence-corrected chi connectivity index (χ2v) is 6.80. The number of hydrogen-bond donors (Lipinski definition) is 1. The van der Waals surface area contributed by atoms with Gasteiger partial charge in [0, 0.05) is 43.5 Å². The van der Waals surface area contributed by atoms with Gasteiger partial charge in [-0.3, -0.25) is 9.89 Å². The first-order chi connectivity index (χ1) is 12.6. The monoisotopic (exact) mass is 352 g/mol. The number of halogens is 1. The molecule has 0 aliphatic carbocycles. The molecule has 5 nitrogen and oxygen atoms in total. The van der Waals surface area contributed by atoms with Crippen LogP contribution in [0.2, 0.25) is 0 Å². The number of nitrogens with zero attached hydrogens (tertiary/aromatic N) is 3. The molecule has 1 amide bonds. The molecule has 2 aromatic heterocycles. The molecule has 1 N–H and O–H groups in total. The van der Waals surface area contributed by atoms with Gasteiger partial charge in [-0.1, -0.05) is 12.1 Å². The standard InChI is InChI=1S/C20H21FN4O/c1-24-10-3-5-18(24)20(26)25-11-2-4-15(13-25)19-17(12-22-23-19)14-6-8-16(21)9-7-14/h3,5-10,12,15H,2,4,11,13H2,1H3,(H,22,23)/t15-/m0/s1. The summed E-state index contributed by atoms with van der Waals surface area (Å²) >= 11 is 0. The second kappa shape index (κ2) is 6.78. The SMILES string of the molecule is Cn1cccc1C(=O)N1CCC[C@H](c2[nH]ncc2-c2ccc(F)cc2)C1. The number of amides is 1. The lowest BCUT2D eigenvalue weighted by Gasteiger charge is -2.32. The van der Waals surface area contributed by atoms with Gasteiger partial charge in [0.1, 0.15) is 11.5 Å². The third-order valence-electron chi connectivity index (χ3n) is 5.10. The molecule has 0 bridgehead atoms. The summed E-state index contributed by atoms with van der Waals surface area (Å²) in [6.45, 7) is 1.42. The first-order valence-electron chi connectivity index (χ1n) is 8.83. The van der Waals surface area contributed by atoms with Crippen LogP contribution in [-0.2, 0) is 7.05 Å². The molecule has 1 saturated heterocycles. The zero-order valence-electron chi connectivity index (χ0n) is 14.7. The van der Waals surface area contributed by atoms with Gasteiger partial charge < -0.3 is 9.47 Å². The molecule has 1 aliphatic heterocycles. The van der Waals surface area contributed by atoms with E-state index in [1.54, 1.807) is 18.3 Å². The minimum absolute atomic E-state index is 0.0602. The van der Waals surface area contributed by atoms with Crippen molar-refractivity contribution in [2.24, 2.45) is 7.05 Å². The molecule has 3 heterocycles. The maximum atomic E-state index is 13.2. The van der Waals surface area contributed by atoms with E-state index in [9.17, 15) is 9.18 Å². The van der Waals surface area contributed by atoms with Gasteiger partial charge in [-0.25, -0.2) is 4.39 Å². The number of H-pyrrole nitrogens is 1. The van der Waals surface area contributed by atoms with Crippen LogP contribution in [0.4, 0.5) is 4.39 Å². The van der Waals surface area contributed by atoms with E-state index in [1.807, 2.05) is 34.8 Å². The molecule has 26 heavy (non-hydrogen) atoms. The highest BCUT2D eigenvalue weighted by Crippen LogP contribution is 2.33. The van der Waals surface area contributed by atoms with Crippen LogP contribution in [0.1, 0.15) is 34.9 Å². The fourth-order valence-electron chi connectivity index (χ4n) is 3.71. The van der Waals surface area contributed by atoms with Gasteiger partial charge in [0.25, 0.3) is 5.91 Å². The molecular weight excluding hydrogens is 331 g/mol. The number of rotatable bonds is 3. The molecule has 6 heteroatoms. The Bertz CT molecular complexity index is 912. The van der Waals surface area contributed by atoms with Gasteiger partial charge in [0.15, 0.2) is 0 Å². The van der Waals surface area contributed by atoms with Crippen molar-refractivity contribution in [2.75, 3.05) is 13.1 Å². The summed E-state index contributed by atoms with van der Waals surface area (Å²) < 4.78 is 15.1. The third-order valence-corrected chi connectivity index (χ3v) is 5.10. The van der Waals surface area contributed by atoms with E-state index in [0.29, 0.717) is 12.2 Å². The van der Waals surface area contributed by atoms with Crippen LogP contribution in [0.5, 0.6) is 0 Å². The molecule has 1 fully saturated rings. The molecule has 3 aromatic rings. The highest BCUT2D eigenvalue weighted by atomic mass is 19.1. The zero-order valence-corrected chi connectivity index (χ0v) is 14.7. The van der Waals surface area contributed by atoms with E-state index in [0.717, 1.165) is 36.2 Å². The Morgan fingerprint density at radius 3 is 2.81 bits per heavy atom. The Morgan fingerprint density at radius 2 is 2.08 bits per heavy atom. The van der Waals surface area contributed by atoms with Crippen LogP contribution in [0.15, 0.2) is 48.8 Å². The lowest BCUT2D eigenvalue weighted by molar-refractivity contribution is 0.0696. The van der Waals surface area contributed by atoms with Gasteiger partial charge >= 0.3 is 0 Å². The van der Waals surface area contributed by atoms with Crippen LogP contribution in [-0.4, -0.2) is 38.7 Å². The van der Waals surface area contributed by atoms with Gasteiger partial charge in [-0.05, 0) is 42.7 Å². The Labute approximate surface area is 151 Å². The van der Waals surface area contributed by atoms with Gasteiger partial charge in [0.05, 0.1) is 6.20 Å². The quantitative estimate of drug-likeness (QED) is 0.783. The van der Waals surface area contributed by atoms with Crippen molar-refractivity contribution in [2.45, 2.75) is 18.8 Å². The summed E-state index contributed by atoms with van der Waals surface area (Å²) in [5.74, 6) is -0.00336. The van der Waals surface area contributed by atoms with Gasteiger partial charge in [0.2, 0.25) is 0 Å². The Balaban J connectivity index is 1.57. The van der Waals surface area contributed by atoms with Crippen molar-refractivity contribution in [3.8, 4) is 11.1 Å². The predicted molar refractivity (Wildman–Crippen MR) is 97.3 cm³/mol. The fraction of sp³-hybridized carbons (Fsp3) is 0.300. The van der Waals surface area contributed by atoms with Crippen molar-refractivity contribution in [1.82, 2.24) is 19.7 Å². The first kappa shape index (κ1) is 16.6. The second-order valence-electron chi connectivity index (χ2n) is 6.80. The number of nitrogens with one attached hydrogen (secondary N) is 1. The Kier molecular flexibility index (Phi) is 4.32. The number of carbonyl (C=O) groups is 1. The van der Waals surface area contributed by atoms with Crippen molar-refractivity contribution < 1.29 is 9.18 Å². The van der Waals surface area contributed by atoms with Gasteiger partial charge in [-0.15, -0.1) is 0 Å². The van der Waals surface area contributed by atoms with E-state index < -0.39 is 0 Å². The molecule has 134 valence electrons. The molecule has 0 saturated carbocycles. The predicted octanol–water partition coefficient (Wildman–Crippen LogP) is 3.57. The van der Waals surface area contributed by atoms with Crippen LogP contribution in [0.25, 0.3) is 11.1 Å². The van der Waals surface area contributed by atoms with Crippen LogP contribution in [0.3, 0.4) is 0 Å². The molecule has 1 atom stereocenters. The maximum absolute atomic E-state index is 13.2. The maximum Gasteiger partial charge on any atom is 0.270 e. The lowest BCUT2D eigenvalue weighted by Crippen LogP contribution is -2.40. The van der Waals surface area contributed by atoms with Crippen LogP contribution in [0, 0.1) is 5.82 Å². The zero-order chi connectivity index (χ0) is 18.1. The smallest absolute Gasteiger partial charge is 0.270 e. The highest BCUT2D eigenvalue weighted by Gasteiger charge is 2.29. The van der Waals surface area contributed by atoms with E-state index >= 15 is 0 Å². The fourth-order valence-corrected chi connectivity index (χ4v) is 3.71. The number of aromatic amines is 1. The topological polar surface area (TPSA) is 53.9 Å². The van der Waals surface area contributed by atoms with Gasteiger partial charge in [-0.2, -0.15) is 5.10 Å². The Hall–Kier alpha value is -2.89. The summed E-state index contributed by atoms with van der Waals surface area (Å²) in [6.07, 6.45) is 5.60. The summed E-state index contributed by atoms with van der Waals surface area (Å²) in [4.78, 5) is 14.7. The van der Waals surface area contributed by atoms with Crippen molar-refractivity contribution >= 4 is 5.91 Å². The number of hydrogen-bond acceptors (Lipinski definition) is 2. The number of aromatic nitrogens is 3. The first-order valence-corrected chi connectivity index (χ1v) is 8.83. The number of carbonyl (C=O) groups excluding carboxylic acids is 1. The summed E-state index contributed by atoms with van der Waals surface area (Å²) in [5, 5.41) is 7.31. The summed E-state index contributed by atoms with van der Waals surface area (Å²) in [6, 6.07) is 10.2. The highest BCUT2D eigenvalue weighted by molar-refractivity contribution is 5.92. The molecule has 1 aromatic carbocycles. The van der Waals surface area contributed by atoms with Crippen molar-refractivity contribution in [3.05, 3.63) is 66.0 Å². The number of piperidine rings is 1. The van der Waals surface area contributed by atoms with Crippen LogP contribution >= 0.6 is 0 Å². The molecule has 1 aliphatic rings. The van der Waals surface area contributed by atoms with E-state index in [1.165, 1.54) is 12.1 Å². The van der Waals surface area contributed by atoms with Crippen LogP contribution < -0.4 is 0 Å². The molecular formula is C20H21FN4O. The Morgan fingerprint density at radius 1 is 1.27 bits per heavy atom. The third kappa shape index (κ3) is 3.03. The number of likely N-dealkylation sites (tertiary alicyclic amines) is 1. The van der Waals surface area contributed by atoms with Crippen molar-refractivity contribution in [1.29, 1.82) is 0 Å². The lowest BCUT2D eigenvalue weighted by atomic mass is 9.90. The van der Waals surface area contributed by atoms with E-state index in [2.05, 4.69) is 10.2 Å². The minimum atomic E-state index is -0.254. The average Bonchev–Trinajstić information content (AvgIpc) is 3.31. The molecule has 0 radical (unpaired) electrons.